The number of halogens is 1. The number of para-hydroxylation sites is 1. The Morgan fingerprint density at radius 1 is 0.962 bits per heavy atom. The van der Waals surface area contributed by atoms with Crippen LogP contribution in [0.3, 0.4) is 0 Å². The average Bonchev–Trinajstić information content (AvgIpc) is 3.33. The number of nitrogens with one attached hydrogen (secondary N) is 1. The predicted molar refractivity (Wildman–Crippen MR) is 104 cm³/mol. The SMILES string of the molecule is Fc1ccc(-c2nn(-c3ccccc3)cc2CNCc2ccsc2)cc1. The molecule has 3 nitrogen and oxygen atoms in total. The number of hydrogen-bond donors (Lipinski definition) is 1. The summed E-state index contributed by atoms with van der Waals surface area (Å²) in [5, 5.41) is 12.4. The first-order chi connectivity index (χ1) is 12.8. The molecule has 0 spiro atoms. The van der Waals surface area contributed by atoms with E-state index in [4.69, 9.17) is 5.10 Å². The molecule has 2 aromatic heterocycles. The highest BCUT2D eigenvalue weighted by Gasteiger charge is 2.12. The molecule has 0 atom stereocenters. The van der Waals surface area contributed by atoms with Crippen molar-refractivity contribution in [3.05, 3.63) is 94.6 Å². The van der Waals surface area contributed by atoms with Crippen molar-refractivity contribution in [3.8, 4) is 16.9 Å². The van der Waals surface area contributed by atoms with E-state index in [1.807, 2.05) is 41.2 Å². The second-order valence-electron chi connectivity index (χ2n) is 6.03. The zero-order chi connectivity index (χ0) is 17.8. The molecule has 0 unspecified atom stereocenters. The van der Waals surface area contributed by atoms with Gasteiger partial charge < -0.3 is 5.32 Å². The molecule has 4 rings (SSSR count). The Balaban J connectivity index is 1.63. The molecule has 26 heavy (non-hydrogen) atoms. The van der Waals surface area contributed by atoms with Crippen LogP contribution in [-0.2, 0) is 13.1 Å². The molecular weight excluding hydrogens is 345 g/mol. The van der Waals surface area contributed by atoms with E-state index in [0.717, 1.165) is 29.1 Å². The molecule has 0 bridgehead atoms. The lowest BCUT2D eigenvalue weighted by atomic mass is 10.1. The van der Waals surface area contributed by atoms with E-state index in [0.29, 0.717) is 6.54 Å². The van der Waals surface area contributed by atoms with Gasteiger partial charge in [-0.15, -0.1) is 0 Å². The van der Waals surface area contributed by atoms with E-state index < -0.39 is 0 Å². The third-order valence-electron chi connectivity index (χ3n) is 4.15. The van der Waals surface area contributed by atoms with Crippen LogP contribution in [0.2, 0.25) is 0 Å². The van der Waals surface area contributed by atoms with Crippen molar-refractivity contribution in [3.63, 3.8) is 0 Å². The van der Waals surface area contributed by atoms with Crippen molar-refractivity contribution in [1.82, 2.24) is 15.1 Å². The topological polar surface area (TPSA) is 29.9 Å². The van der Waals surface area contributed by atoms with Gasteiger partial charge in [0.2, 0.25) is 0 Å². The summed E-state index contributed by atoms with van der Waals surface area (Å²) in [7, 11) is 0. The Kier molecular flexibility index (Phi) is 4.91. The molecule has 4 aromatic rings. The molecule has 2 aromatic carbocycles. The van der Waals surface area contributed by atoms with Gasteiger partial charge in [-0.2, -0.15) is 16.4 Å². The quantitative estimate of drug-likeness (QED) is 0.521. The van der Waals surface area contributed by atoms with E-state index in [2.05, 4.69) is 22.1 Å². The number of rotatable bonds is 6. The maximum Gasteiger partial charge on any atom is 0.123 e. The molecule has 0 aliphatic heterocycles. The van der Waals surface area contributed by atoms with Crippen LogP contribution >= 0.6 is 11.3 Å². The summed E-state index contributed by atoms with van der Waals surface area (Å²) in [6, 6.07) is 18.6. The highest BCUT2D eigenvalue weighted by molar-refractivity contribution is 7.07. The van der Waals surface area contributed by atoms with Gasteiger partial charge in [-0.05, 0) is 58.8 Å². The van der Waals surface area contributed by atoms with E-state index in [9.17, 15) is 4.39 Å². The number of aromatic nitrogens is 2. The second-order valence-corrected chi connectivity index (χ2v) is 6.81. The first-order valence-corrected chi connectivity index (χ1v) is 9.35. The fraction of sp³-hybridized carbons (Fsp3) is 0.0952. The monoisotopic (exact) mass is 363 g/mol. The molecule has 5 heteroatoms. The van der Waals surface area contributed by atoms with Gasteiger partial charge >= 0.3 is 0 Å². The summed E-state index contributed by atoms with van der Waals surface area (Å²) in [6.07, 6.45) is 2.04. The van der Waals surface area contributed by atoms with Crippen LogP contribution in [0.15, 0.2) is 77.6 Å². The summed E-state index contributed by atoms with van der Waals surface area (Å²) in [5.74, 6) is -0.242. The van der Waals surface area contributed by atoms with Crippen LogP contribution in [0.4, 0.5) is 4.39 Å². The van der Waals surface area contributed by atoms with Gasteiger partial charge in [-0.25, -0.2) is 9.07 Å². The van der Waals surface area contributed by atoms with Gasteiger partial charge in [-0.3, -0.25) is 0 Å². The standard InChI is InChI=1S/C21H18FN3S/c22-19-8-6-17(7-9-19)21-18(13-23-12-16-10-11-26-15-16)14-25(24-21)20-4-2-1-3-5-20/h1-11,14-15,23H,12-13H2. The fourth-order valence-corrected chi connectivity index (χ4v) is 3.51. The van der Waals surface area contributed by atoms with Gasteiger partial charge in [0.1, 0.15) is 5.82 Å². The summed E-state index contributed by atoms with van der Waals surface area (Å²) in [5.41, 5.74) is 5.13. The third kappa shape index (κ3) is 3.74. The molecule has 0 amide bonds. The van der Waals surface area contributed by atoms with Crippen molar-refractivity contribution in [2.45, 2.75) is 13.1 Å². The fourth-order valence-electron chi connectivity index (χ4n) is 2.84. The Morgan fingerprint density at radius 3 is 2.50 bits per heavy atom. The molecule has 0 aliphatic carbocycles. The summed E-state index contributed by atoms with van der Waals surface area (Å²) >= 11 is 1.70. The van der Waals surface area contributed by atoms with Crippen molar-refractivity contribution in [2.75, 3.05) is 0 Å². The summed E-state index contributed by atoms with van der Waals surface area (Å²) in [4.78, 5) is 0. The largest absolute Gasteiger partial charge is 0.308 e. The lowest BCUT2D eigenvalue weighted by molar-refractivity contribution is 0.628. The molecule has 0 fully saturated rings. The summed E-state index contributed by atoms with van der Waals surface area (Å²) < 4.78 is 15.2. The Hall–Kier alpha value is -2.76. The Bertz CT molecular complexity index is 960. The highest BCUT2D eigenvalue weighted by atomic mass is 32.1. The molecule has 1 N–H and O–H groups in total. The van der Waals surface area contributed by atoms with E-state index >= 15 is 0 Å². The van der Waals surface area contributed by atoms with Crippen LogP contribution in [0, 0.1) is 5.82 Å². The van der Waals surface area contributed by atoms with Crippen molar-refractivity contribution >= 4 is 11.3 Å². The van der Waals surface area contributed by atoms with Crippen LogP contribution in [0.1, 0.15) is 11.1 Å². The molecule has 130 valence electrons. The Morgan fingerprint density at radius 2 is 1.77 bits per heavy atom. The van der Waals surface area contributed by atoms with Crippen LogP contribution in [-0.4, -0.2) is 9.78 Å². The molecule has 0 saturated heterocycles. The minimum Gasteiger partial charge on any atom is -0.308 e. The van der Waals surface area contributed by atoms with Gasteiger partial charge in [0.05, 0.1) is 11.4 Å². The predicted octanol–water partition coefficient (Wildman–Crippen LogP) is 5.03. The first-order valence-electron chi connectivity index (χ1n) is 8.41. The van der Waals surface area contributed by atoms with E-state index in [-0.39, 0.29) is 5.82 Å². The highest BCUT2D eigenvalue weighted by Crippen LogP contribution is 2.24. The van der Waals surface area contributed by atoms with Crippen LogP contribution in [0.25, 0.3) is 16.9 Å². The minimum absolute atomic E-state index is 0.242. The van der Waals surface area contributed by atoms with E-state index in [1.165, 1.54) is 17.7 Å². The summed E-state index contributed by atoms with van der Waals surface area (Å²) in [6.45, 7) is 1.50. The lowest BCUT2D eigenvalue weighted by Crippen LogP contribution is -2.12. The van der Waals surface area contributed by atoms with Crippen LogP contribution < -0.4 is 5.32 Å². The zero-order valence-corrected chi connectivity index (χ0v) is 14.9. The van der Waals surface area contributed by atoms with Gasteiger partial charge in [0, 0.05) is 30.4 Å². The zero-order valence-electron chi connectivity index (χ0n) is 14.1. The second kappa shape index (κ2) is 7.64. The first kappa shape index (κ1) is 16.7. The number of nitrogens with zero attached hydrogens (tertiary/aromatic N) is 2. The van der Waals surface area contributed by atoms with Crippen LogP contribution in [0.5, 0.6) is 0 Å². The van der Waals surface area contributed by atoms with Gasteiger partial charge in [0.25, 0.3) is 0 Å². The maximum absolute atomic E-state index is 13.3. The molecule has 0 aliphatic rings. The number of thiophene rings is 1. The minimum atomic E-state index is -0.242. The average molecular weight is 363 g/mol. The van der Waals surface area contributed by atoms with Crippen molar-refractivity contribution < 1.29 is 4.39 Å². The Labute approximate surface area is 155 Å². The number of benzene rings is 2. The molecular formula is C21H18FN3S. The number of hydrogen-bond acceptors (Lipinski definition) is 3. The van der Waals surface area contributed by atoms with Crippen molar-refractivity contribution in [2.24, 2.45) is 0 Å². The molecule has 2 heterocycles. The van der Waals surface area contributed by atoms with Gasteiger partial charge in [0.15, 0.2) is 0 Å². The van der Waals surface area contributed by atoms with E-state index in [1.54, 1.807) is 23.5 Å². The smallest absolute Gasteiger partial charge is 0.123 e. The van der Waals surface area contributed by atoms with Gasteiger partial charge in [-0.1, -0.05) is 18.2 Å². The maximum atomic E-state index is 13.3. The molecule has 0 saturated carbocycles. The normalized spacial score (nSPS) is 11.0. The molecule has 0 radical (unpaired) electrons. The van der Waals surface area contributed by atoms with Crippen molar-refractivity contribution in [1.29, 1.82) is 0 Å². The third-order valence-corrected chi connectivity index (χ3v) is 4.89. The lowest BCUT2D eigenvalue weighted by Gasteiger charge is -2.04.